The molecule has 1 aromatic rings. The molecule has 0 fully saturated rings. The van der Waals surface area contributed by atoms with Crippen LogP contribution in [0.15, 0.2) is 29.2 Å². The summed E-state index contributed by atoms with van der Waals surface area (Å²) in [5, 5.41) is 2.77. The molecule has 0 aliphatic heterocycles. The number of thioether (sulfide) groups is 1. The van der Waals surface area contributed by atoms with Gasteiger partial charge in [0.15, 0.2) is 0 Å². The first kappa shape index (κ1) is 11.1. The van der Waals surface area contributed by atoms with Crippen molar-refractivity contribution in [2.24, 2.45) is 0 Å². The van der Waals surface area contributed by atoms with Gasteiger partial charge in [0.05, 0.1) is 0 Å². The summed E-state index contributed by atoms with van der Waals surface area (Å²) in [7, 11) is 0. The quantitative estimate of drug-likeness (QED) is 0.772. The van der Waals surface area contributed by atoms with Crippen molar-refractivity contribution in [2.75, 3.05) is 5.75 Å². The Morgan fingerprint density at radius 1 is 1.36 bits per heavy atom. The van der Waals surface area contributed by atoms with E-state index in [1.165, 1.54) is 11.8 Å². The van der Waals surface area contributed by atoms with Gasteiger partial charge in [0.1, 0.15) is 0 Å². The van der Waals surface area contributed by atoms with Crippen molar-refractivity contribution in [1.29, 1.82) is 0 Å². The first-order valence-electron chi connectivity index (χ1n) is 4.68. The van der Waals surface area contributed by atoms with Gasteiger partial charge in [0.2, 0.25) is 5.91 Å². The van der Waals surface area contributed by atoms with Crippen molar-refractivity contribution in [3.8, 4) is 0 Å². The lowest BCUT2D eigenvalue weighted by molar-refractivity contribution is -0.119. The summed E-state index contributed by atoms with van der Waals surface area (Å²) < 4.78 is 0. The maximum Gasteiger partial charge on any atom is 0.217 e. The summed E-state index contributed by atoms with van der Waals surface area (Å²) in [4.78, 5) is 11.9. The summed E-state index contributed by atoms with van der Waals surface area (Å²) in [6.45, 7) is 4.28. The van der Waals surface area contributed by atoms with E-state index < -0.39 is 0 Å². The average molecular weight is 209 g/mol. The van der Waals surface area contributed by atoms with Gasteiger partial charge in [0, 0.05) is 18.4 Å². The maximum atomic E-state index is 10.7. The third kappa shape index (κ3) is 3.83. The zero-order valence-electron chi connectivity index (χ0n) is 8.54. The van der Waals surface area contributed by atoms with E-state index in [0.717, 1.165) is 11.3 Å². The van der Waals surface area contributed by atoms with Gasteiger partial charge in [-0.1, -0.05) is 19.1 Å². The highest BCUT2D eigenvalue weighted by molar-refractivity contribution is 7.99. The van der Waals surface area contributed by atoms with Crippen LogP contribution in [0.1, 0.15) is 19.4 Å². The Hall–Kier alpha value is -0.960. The molecule has 1 rings (SSSR count). The first-order valence-corrected chi connectivity index (χ1v) is 5.67. The van der Waals surface area contributed by atoms with Gasteiger partial charge in [0.25, 0.3) is 0 Å². The third-order valence-corrected chi connectivity index (χ3v) is 2.67. The van der Waals surface area contributed by atoms with Gasteiger partial charge in [-0.05, 0) is 23.4 Å². The average Bonchev–Trinajstić information content (AvgIpc) is 2.17. The molecule has 0 saturated carbocycles. The molecule has 0 bridgehead atoms. The summed E-state index contributed by atoms with van der Waals surface area (Å²) >= 11 is 1.82. The fraction of sp³-hybridized carbons (Fsp3) is 0.364. The maximum absolute atomic E-state index is 10.7. The largest absolute Gasteiger partial charge is 0.352 e. The summed E-state index contributed by atoms with van der Waals surface area (Å²) in [5.41, 5.74) is 1.14. The third-order valence-electron chi connectivity index (χ3n) is 1.78. The SMILES string of the molecule is CCSc1ccc(CNC(C)=O)cc1. The molecule has 76 valence electrons. The Balaban J connectivity index is 2.50. The van der Waals surface area contributed by atoms with Crippen LogP contribution in [0.4, 0.5) is 0 Å². The second kappa shape index (κ2) is 5.70. The van der Waals surface area contributed by atoms with Crippen molar-refractivity contribution in [2.45, 2.75) is 25.3 Å². The van der Waals surface area contributed by atoms with Crippen LogP contribution in [0, 0.1) is 0 Å². The molecule has 0 heterocycles. The molecule has 0 unspecified atom stereocenters. The van der Waals surface area contributed by atoms with Crippen molar-refractivity contribution in [3.63, 3.8) is 0 Å². The number of amides is 1. The molecule has 2 nitrogen and oxygen atoms in total. The molecule has 1 N–H and O–H groups in total. The number of hydrogen-bond donors (Lipinski definition) is 1. The number of benzene rings is 1. The van der Waals surface area contributed by atoms with Crippen LogP contribution in [0.5, 0.6) is 0 Å². The van der Waals surface area contributed by atoms with E-state index in [1.54, 1.807) is 0 Å². The zero-order valence-corrected chi connectivity index (χ0v) is 9.36. The summed E-state index contributed by atoms with van der Waals surface area (Å²) in [6.07, 6.45) is 0. The monoisotopic (exact) mass is 209 g/mol. The molecule has 1 aromatic carbocycles. The predicted octanol–water partition coefficient (Wildman–Crippen LogP) is 2.43. The summed E-state index contributed by atoms with van der Waals surface area (Å²) in [6, 6.07) is 8.28. The minimum atomic E-state index is 0.0111. The van der Waals surface area contributed by atoms with E-state index in [4.69, 9.17) is 0 Å². The van der Waals surface area contributed by atoms with Crippen LogP contribution < -0.4 is 5.32 Å². The van der Waals surface area contributed by atoms with Crippen LogP contribution in [0.3, 0.4) is 0 Å². The Bertz CT molecular complexity index is 295. The lowest BCUT2D eigenvalue weighted by Gasteiger charge is -2.03. The van der Waals surface area contributed by atoms with Crippen molar-refractivity contribution >= 4 is 17.7 Å². The fourth-order valence-corrected chi connectivity index (χ4v) is 1.76. The number of carbonyl (C=O) groups is 1. The molecule has 1 amide bonds. The standard InChI is InChI=1S/C11H15NOS/c1-3-14-11-6-4-10(5-7-11)8-12-9(2)13/h4-7H,3,8H2,1-2H3,(H,12,13). The van der Waals surface area contributed by atoms with E-state index in [9.17, 15) is 4.79 Å². The molecule has 3 heteroatoms. The van der Waals surface area contributed by atoms with Gasteiger partial charge in [-0.15, -0.1) is 11.8 Å². The van der Waals surface area contributed by atoms with E-state index in [1.807, 2.05) is 23.9 Å². The van der Waals surface area contributed by atoms with Gasteiger partial charge < -0.3 is 5.32 Å². The molecular weight excluding hydrogens is 194 g/mol. The molecule has 0 saturated heterocycles. The molecular formula is C11H15NOS. The number of carbonyl (C=O) groups excluding carboxylic acids is 1. The molecule has 0 aromatic heterocycles. The van der Waals surface area contributed by atoms with Gasteiger partial charge >= 0.3 is 0 Å². The first-order chi connectivity index (χ1) is 6.72. The van der Waals surface area contributed by atoms with Crippen molar-refractivity contribution in [1.82, 2.24) is 5.32 Å². The van der Waals surface area contributed by atoms with Gasteiger partial charge in [-0.2, -0.15) is 0 Å². The minimum absolute atomic E-state index is 0.0111. The molecule has 0 aliphatic carbocycles. The minimum Gasteiger partial charge on any atom is -0.352 e. The van der Waals surface area contributed by atoms with E-state index >= 15 is 0 Å². The van der Waals surface area contributed by atoms with Gasteiger partial charge in [-0.3, -0.25) is 4.79 Å². The van der Waals surface area contributed by atoms with E-state index in [0.29, 0.717) is 6.54 Å². The van der Waals surface area contributed by atoms with E-state index in [2.05, 4.69) is 24.4 Å². The van der Waals surface area contributed by atoms with Crippen LogP contribution in [-0.2, 0) is 11.3 Å². The van der Waals surface area contributed by atoms with Crippen LogP contribution in [-0.4, -0.2) is 11.7 Å². The molecule has 0 aliphatic rings. The Morgan fingerprint density at radius 2 is 2.00 bits per heavy atom. The molecule has 14 heavy (non-hydrogen) atoms. The Labute approximate surface area is 89.1 Å². The second-order valence-electron chi connectivity index (χ2n) is 2.99. The predicted molar refractivity (Wildman–Crippen MR) is 60.4 cm³/mol. The Morgan fingerprint density at radius 3 is 2.50 bits per heavy atom. The fourth-order valence-electron chi connectivity index (χ4n) is 1.10. The molecule has 0 atom stereocenters. The Kier molecular flexibility index (Phi) is 4.53. The number of hydrogen-bond acceptors (Lipinski definition) is 2. The van der Waals surface area contributed by atoms with Crippen molar-refractivity contribution in [3.05, 3.63) is 29.8 Å². The number of rotatable bonds is 4. The molecule has 0 radical (unpaired) electrons. The van der Waals surface area contributed by atoms with Crippen molar-refractivity contribution < 1.29 is 4.79 Å². The highest BCUT2D eigenvalue weighted by atomic mass is 32.2. The van der Waals surface area contributed by atoms with Gasteiger partial charge in [-0.25, -0.2) is 0 Å². The lowest BCUT2D eigenvalue weighted by Crippen LogP contribution is -2.18. The lowest BCUT2D eigenvalue weighted by atomic mass is 10.2. The van der Waals surface area contributed by atoms with Crippen LogP contribution in [0.25, 0.3) is 0 Å². The zero-order chi connectivity index (χ0) is 10.4. The highest BCUT2D eigenvalue weighted by Gasteiger charge is 1.95. The van der Waals surface area contributed by atoms with Crippen LogP contribution in [0.2, 0.25) is 0 Å². The normalized spacial score (nSPS) is 9.86. The number of nitrogens with one attached hydrogen (secondary N) is 1. The summed E-state index contributed by atoms with van der Waals surface area (Å²) in [5.74, 6) is 1.10. The topological polar surface area (TPSA) is 29.1 Å². The second-order valence-corrected chi connectivity index (χ2v) is 4.32. The highest BCUT2D eigenvalue weighted by Crippen LogP contribution is 2.17. The molecule has 0 spiro atoms. The van der Waals surface area contributed by atoms with Crippen LogP contribution >= 0.6 is 11.8 Å². The van der Waals surface area contributed by atoms with E-state index in [-0.39, 0.29) is 5.91 Å². The smallest absolute Gasteiger partial charge is 0.217 e.